The molecule has 0 saturated carbocycles. The van der Waals surface area contributed by atoms with Gasteiger partial charge in [-0.2, -0.15) is 13.2 Å². The van der Waals surface area contributed by atoms with E-state index >= 15 is 0 Å². The summed E-state index contributed by atoms with van der Waals surface area (Å²) in [4.78, 5) is 16.1. The maximum Gasteiger partial charge on any atom is 0.433 e. The number of alkyl halides is 3. The number of hydrogen-bond donors (Lipinski definition) is 0. The summed E-state index contributed by atoms with van der Waals surface area (Å²) in [6.45, 7) is 1.13. The Morgan fingerprint density at radius 3 is 2.61 bits per heavy atom. The smallest absolute Gasteiger partial charge is 0.269 e. The lowest BCUT2D eigenvalue weighted by atomic mass is 10.2. The Morgan fingerprint density at radius 2 is 2.06 bits per heavy atom. The first-order valence-electron chi connectivity index (χ1n) is 4.99. The third-order valence-electron chi connectivity index (χ3n) is 2.53. The van der Waals surface area contributed by atoms with E-state index in [4.69, 9.17) is 0 Å². The molecule has 0 aliphatic rings. The van der Waals surface area contributed by atoms with Gasteiger partial charge >= 0.3 is 6.18 Å². The molecule has 0 aromatic carbocycles. The highest BCUT2D eigenvalue weighted by Crippen LogP contribution is 2.29. The highest BCUT2D eigenvalue weighted by atomic mass is 32.2. The summed E-state index contributed by atoms with van der Waals surface area (Å²) in [5, 5.41) is 0. The summed E-state index contributed by atoms with van der Waals surface area (Å²) in [5.41, 5.74) is -2.20. The Morgan fingerprint density at radius 1 is 1.39 bits per heavy atom. The molecule has 2 rings (SSSR count). The lowest BCUT2D eigenvalue weighted by Gasteiger charge is -2.11. The van der Waals surface area contributed by atoms with Crippen LogP contribution in [-0.2, 0) is 6.18 Å². The van der Waals surface area contributed by atoms with Gasteiger partial charge in [0.1, 0.15) is 5.65 Å². The molecule has 0 fully saturated rings. The van der Waals surface area contributed by atoms with Crippen molar-refractivity contribution in [3.63, 3.8) is 0 Å². The van der Waals surface area contributed by atoms with Crippen molar-refractivity contribution in [3.05, 3.63) is 39.9 Å². The first kappa shape index (κ1) is 12.9. The number of halogens is 3. The van der Waals surface area contributed by atoms with Crippen molar-refractivity contribution in [1.29, 1.82) is 0 Å². The molecule has 0 radical (unpaired) electrons. The van der Waals surface area contributed by atoms with E-state index in [2.05, 4.69) is 4.98 Å². The fourth-order valence-electron chi connectivity index (χ4n) is 1.61. The van der Waals surface area contributed by atoms with Crippen molar-refractivity contribution in [1.82, 2.24) is 9.38 Å². The zero-order valence-electron chi connectivity index (χ0n) is 9.58. The number of hydrogen-bond acceptors (Lipinski definition) is 3. The van der Waals surface area contributed by atoms with Gasteiger partial charge in [0.25, 0.3) is 5.56 Å². The monoisotopic (exact) mass is 274 g/mol. The standard InChI is InChI=1S/C11H9F3N2OS/c1-6-9(11(12,13)14)15-8-5-7(18-2)3-4-16(8)10(6)17/h3-5H,1-2H3. The number of pyridine rings is 1. The lowest BCUT2D eigenvalue weighted by Crippen LogP contribution is -2.24. The molecule has 0 bridgehead atoms. The highest BCUT2D eigenvalue weighted by Gasteiger charge is 2.36. The van der Waals surface area contributed by atoms with Gasteiger partial charge in [-0.25, -0.2) is 4.98 Å². The van der Waals surface area contributed by atoms with Crippen LogP contribution < -0.4 is 5.56 Å². The molecule has 18 heavy (non-hydrogen) atoms. The topological polar surface area (TPSA) is 34.4 Å². The minimum atomic E-state index is -4.62. The zero-order chi connectivity index (χ0) is 13.5. The van der Waals surface area contributed by atoms with E-state index in [-0.39, 0.29) is 5.65 Å². The van der Waals surface area contributed by atoms with Crippen LogP contribution in [0, 0.1) is 6.92 Å². The number of nitrogens with zero attached hydrogens (tertiary/aromatic N) is 2. The SMILES string of the molecule is CSc1ccn2c(=O)c(C)c(C(F)(F)F)nc2c1. The van der Waals surface area contributed by atoms with E-state index in [0.717, 1.165) is 16.2 Å². The summed E-state index contributed by atoms with van der Waals surface area (Å²) in [6.07, 6.45) is -1.39. The predicted molar refractivity (Wildman–Crippen MR) is 63.0 cm³/mol. The number of thioether (sulfide) groups is 1. The van der Waals surface area contributed by atoms with E-state index in [1.54, 1.807) is 12.3 Å². The molecule has 2 aromatic rings. The lowest BCUT2D eigenvalue weighted by molar-refractivity contribution is -0.141. The first-order chi connectivity index (χ1) is 8.34. The molecule has 2 heterocycles. The van der Waals surface area contributed by atoms with Crippen molar-refractivity contribution < 1.29 is 13.2 Å². The molecule has 2 aromatic heterocycles. The van der Waals surface area contributed by atoms with Crippen LogP contribution >= 0.6 is 11.8 Å². The predicted octanol–water partition coefficient (Wildman–Crippen LogP) is 2.74. The van der Waals surface area contributed by atoms with Crippen LogP contribution in [0.2, 0.25) is 0 Å². The molecule has 0 unspecified atom stereocenters. The molecular formula is C11H9F3N2OS. The average Bonchev–Trinajstić information content (AvgIpc) is 2.31. The van der Waals surface area contributed by atoms with Gasteiger partial charge in [0.15, 0.2) is 5.69 Å². The number of rotatable bonds is 1. The van der Waals surface area contributed by atoms with Gasteiger partial charge in [-0.1, -0.05) is 0 Å². The molecule has 96 valence electrons. The Bertz CT molecular complexity index is 664. The second kappa shape index (κ2) is 4.31. The molecule has 0 saturated heterocycles. The average molecular weight is 274 g/mol. The van der Waals surface area contributed by atoms with Crippen LogP contribution in [0.5, 0.6) is 0 Å². The minimum Gasteiger partial charge on any atom is -0.269 e. The molecule has 3 nitrogen and oxygen atoms in total. The van der Waals surface area contributed by atoms with Crippen molar-refractivity contribution >= 4 is 17.4 Å². The van der Waals surface area contributed by atoms with E-state index in [1.807, 2.05) is 0 Å². The Kier molecular flexibility index (Phi) is 3.10. The minimum absolute atomic E-state index is 0.00442. The van der Waals surface area contributed by atoms with Gasteiger partial charge in [-0.3, -0.25) is 9.20 Å². The summed E-state index contributed by atoms with van der Waals surface area (Å²) >= 11 is 1.37. The van der Waals surface area contributed by atoms with Gasteiger partial charge < -0.3 is 0 Å². The van der Waals surface area contributed by atoms with Gasteiger partial charge in [-0.15, -0.1) is 11.8 Å². The summed E-state index contributed by atoms with van der Waals surface area (Å²) in [7, 11) is 0. The Labute approximate surface area is 105 Å². The van der Waals surface area contributed by atoms with Crippen molar-refractivity contribution in [3.8, 4) is 0 Å². The van der Waals surface area contributed by atoms with Crippen LogP contribution in [0.15, 0.2) is 28.0 Å². The first-order valence-corrected chi connectivity index (χ1v) is 6.21. The summed E-state index contributed by atoms with van der Waals surface area (Å²) in [6, 6.07) is 3.12. The summed E-state index contributed by atoms with van der Waals surface area (Å²) < 4.78 is 39.3. The van der Waals surface area contributed by atoms with E-state index in [1.165, 1.54) is 24.0 Å². The number of fused-ring (bicyclic) bond motifs is 1. The van der Waals surface area contributed by atoms with Gasteiger partial charge in [0.05, 0.1) is 0 Å². The van der Waals surface area contributed by atoms with E-state index in [0.29, 0.717) is 0 Å². The largest absolute Gasteiger partial charge is 0.433 e. The second-order valence-electron chi connectivity index (χ2n) is 3.68. The molecule has 0 aliphatic carbocycles. The molecule has 0 aliphatic heterocycles. The zero-order valence-corrected chi connectivity index (χ0v) is 10.4. The van der Waals surface area contributed by atoms with Crippen LogP contribution in [0.4, 0.5) is 13.2 Å². The quantitative estimate of drug-likeness (QED) is 0.750. The molecule has 0 N–H and O–H groups in total. The molecular weight excluding hydrogens is 265 g/mol. The maximum absolute atomic E-state index is 12.7. The van der Waals surface area contributed by atoms with Gasteiger partial charge in [-0.05, 0) is 25.3 Å². The van der Waals surface area contributed by atoms with E-state index in [9.17, 15) is 18.0 Å². The fraction of sp³-hybridized carbons (Fsp3) is 0.273. The van der Waals surface area contributed by atoms with Crippen LogP contribution in [0.25, 0.3) is 5.65 Å². The van der Waals surface area contributed by atoms with Crippen LogP contribution in [0.3, 0.4) is 0 Å². The normalized spacial score (nSPS) is 12.1. The molecule has 0 amide bonds. The van der Waals surface area contributed by atoms with Crippen molar-refractivity contribution in [2.75, 3.05) is 6.26 Å². The van der Waals surface area contributed by atoms with Crippen molar-refractivity contribution in [2.24, 2.45) is 0 Å². The molecule has 0 spiro atoms. The Hall–Kier alpha value is -1.50. The van der Waals surface area contributed by atoms with Crippen molar-refractivity contribution in [2.45, 2.75) is 18.0 Å². The molecule has 7 heteroatoms. The van der Waals surface area contributed by atoms with Crippen LogP contribution in [-0.4, -0.2) is 15.6 Å². The number of aromatic nitrogens is 2. The highest BCUT2D eigenvalue weighted by molar-refractivity contribution is 7.98. The fourth-order valence-corrected chi connectivity index (χ4v) is 2.03. The van der Waals surface area contributed by atoms with Gasteiger partial charge in [0, 0.05) is 16.7 Å². The molecule has 0 atom stereocenters. The summed E-state index contributed by atoms with van der Waals surface area (Å²) in [5.74, 6) is 0. The van der Waals surface area contributed by atoms with Gasteiger partial charge in [0.2, 0.25) is 0 Å². The van der Waals surface area contributed by atoms with Crippen LogP contribution in [0.1, 0.15) is 11.3 Å². The maximum atomic E-state index is 12.7. The third-order valence-corrected chi connectivity index (χ3v) is 3.26. The second-order valence-corrected chi connectivity index (χ2v) is 4.56. The third kappa shape index (κ3) is 2.10. The van der Waals surface area contributed by atoms with E-state index < -0.39 is 23.0 Å². The Balaban J connectivity index is 2.84.